The monoisotopic (exact) mass is 511 g/mol. The first kappa shape index (κ1) is 23.6. The number of nitrogens with zero attached hydrogens (tertiary/aromatic N) is 5. The molecule has 0 aromatic carbocycles. The lowest BCUT2D eigenvalue weighted by molar-refractivity contribution is 0.167. The Morgan fingerprint density at radius 1 is 1.24 bits per heavy atom. The summed E-state index contributed by atoms with van der Waals surface area (Å²) in [5.41, 5.74) is 1.09. The van der Waals surface area contributed by atoms with E-state index in [9.17, 15) is 0 Å². The van der Waals surface area contributed by atoms with Gasteiger partial charge in [-0.25, -0.2) is 15.0 Å². The molecule has 7 nitrogen and oxygen atoms in total. The van der Waals surface area contributed by atoms with E-state index in [-0.39, 0.29) is 24.0 Å². The van der Waals surface area contributed by atoms with Crippen molar-refractivity contribution < 1.29 is 0 Å². The molecule has 2 aromatic heterocycles. The minimum Gasteiger partial charge on any atom is -0.357 e. The smallest absolute Gasteiger partial charge is 0.191 e. The fourth-order valence-corrected chi connectivity index (χ4v) is 3.52. The van der Waals surface area contributed by atoms with Crippen molar-refractivity contribution in [2.75, 3.05) is 19.6 Å². The summed E-state index contributed by atoms with van der Waals surface area (Å²) in [7, 11) is 0. The number of nitrogens with one attached hydrogen (secondary N) is 2. The fourth-order valence-electron chi connectivity index (χ4n) is 3.52. The van der Waals surface area contributed by atoms with Crippen LogP contribution in [-0.4, -0.2) is 57.1 Å². The molecule has 160 valence electrons. The van der Waals surface area contributed by atoms with E-state index in [4.69, 9.17) is 4.99 Å². The van der Waals surface area contributed by atoms with Crippen LogP contribution in [0, 0.1) is 6.92 Å². The van der Waals surface area contributed by atoms with Crippen molar-refractivity contribution in [2.45, 2.75) is 59.2 Å². The lowest BCUT2D eigenvalue weighted by Crippen LogP contribution is -2.49. The molecule has 0 radical (unpaired) electrons. The van der Waals surface area contributed by atoms with Crippen LogP contribution in [0.4, 0.5) is 0 Å². The molecule has 1 aliphatic rings. The molecule has 2 aromatic rings. The third-order valence-electron chi connectivity index (χ3n) is 5.25. The Balaban J connectivity index is 0.00000300. The standard InChI is InChI=1S/C21H33N7.HI/c1-5-22-21(26-19-8-11-27(12-9-19)16(2)3)25-15-18-6-7-20(24-14-18)28-13-10-23-17(28)4;/h6-7,10,13-14,16,19H,5,8-9,11-12,15H2,1-4H3,(H2,22,25,26);1H. The largest absolute Gasteiger partial charge is 0.357 e. The van der Waals surface area contributed by atoms with Gasteiger partial charge in [-0.1, -0.05) is 6.07 Å². The number of likely N-dealkylation sites (tertiary alicyclic amines) is 1. The average molecular weight is 511 g/mol. The predicted molar refractivity (Wildman–Crippen MR) is 129 cm³/mol. The van der Waals surface area contributed by atoms with Crippen molar-refractivity contribution in [1.82, 2.24) is 30.1 Å². The number of pyridine rings is 1. The topological polar surface area (TPSA) is 70.4 Å². The molecule has 3 rings (SSSR count). The number of guanidine groups is 1. The first-order valence-corrected chi connectivity index (χ1v) is 10.3. The SMILES string of the molecule is CCNC(=NCc1ccc(-n2ccnc2C)nc1)NC1CCN(C(C)C)CC1.I. The average Bonchev–Trinajstić information content (AvgIpc) is 3.13. The summed E-state index contributed by atoms with van der Waals surface area (Å²) in [6.45, 7) is 12.4. The van der Waals surface area contributed by atoms with Crippen LogP contribution >= 0.6 is 24.0 Å². The van der Waals surface area contributed by atoms with Gasteiger partial charge in [-0.15, -0.1) is 24.0 Å². The number of aryl methyl sites for hydroxylation is 1. The maximum Gasteiger partial charge on any atom is 0.191 e. The Labute approximate surface area is 191 Å². The minimum atomic E-state index is 0. The highest BCUT2D eigenvalue weighted by atomic mass is 127. The molecule has 0 unspecified atom stereocenters. The van der Waals surface area contributed by atoms with Gasteiger partial charge >= 0.3 is 0 Å². The summed E-state index contributed by atoms with van der Waals surface area (Å²) in [5, 5.41) is 6.98. The zero-order chi connectivity index (χ0) is 19.9. The summed E-state index contributed by atoms with van der Waals surface area (Å²) < 4.78 is 1.97. The van der Waals surface area contributed by atoms with Gasteiger partial charge in [0, 0.05) is 50.3 Å². The second-order valence-corrected chi connectivity index (χ2v) is 7.61. The summed E-state index contributed by atoms with van der Waals surface area (Å²) in [6.07, 6.45) is 7.91. The van der Waals surface area contributed by atoms with Crippen LogP contribution in [0.5, 0.6) is 0 Å². The number of hydrogen-bond acceptors (Lipinski definition) is 4. The van der Waals surface area contributed by atoms with E-state index in [1.54, 1.807) is 6.20 Å². The number of aromatic nitrogens is 3. The molecule has 0 amide bonds. The zero-order valence-corrected chi connectivity index (χ0v) is 20.3. The molecule has 8 heteroatoms. The quantitative estimate of drug-likeness (QED) is 0.355. The summed E-state index contributed by atoms with van der Waals surface area (Å²) in [5.74, 6) is 2.70. The molecule has 0 saturated carbocycles. The van der Waals surface area contributed by atoms with Crippen LogP contribution in [0.3, 0.4) is 0 Å². The van der Waals surface area contributed by atoms with Crippen molar-refractivity contribution in [2.24, 2.45) is 4.99 Å². The number of aliphatic imine (C=N–C) groups is 1. The van der Waals surface area contributed by atoms with Crippen LogP contribution in [0.25, 0.3) is 5.82 Å². The summed E-state index contributed by atoms with van der Waals surface area (Å²) >= 11 is 0. The molecule has 29 heavy (non-hydrogen) atoms. The van der Waals surface area contributed by atoms with Gasteiger partial charge in [0.2, 0.25) is 0 Å². The van der Waals surface area contributed by atoms with E-state index in [0.717, 1.165) is 55.6 Å². The Bertz CT molecular complexity index is 762. The number of halogens is 1. The number of imidazole rings is 1. The first-order chi connectivity index (χ1) is 13.6. The van der Waals surface area contributed by atoms with Crippen molar-refractivity contribution >= 4 is 29.9 Å². The lowest BCUT2D eigenvalue weighted by Gasteiger charge is -2.35. The first-order valence-electron chi connectivity index (χ1n) is 10.3. The summed E-state index contributed by atoms with van der Waals surface area (Å²) in [6, 6.07) is 5.21. The maximum absolute atomic E-state index is 4.76. The zero-order valence-electron chi connectivity index (χ0n) is 17.9. The molecule has 0 spiro atoms. The molecule has 1 saturated heterocycles. The molecule has 1 aliphatic heterocycles. The molecule has 0 bridgehead atoms. The number of hydrogen-bond donors (Lipinski definition) is 2. The van der Waals surface area contributed by atoms with E-state index in [2.05, 4.69) is 52.3 Å². The van der Waals surface area contributed by atoms with Gasteiger partial charge in [0.15, 0.2) is 5.96 Å². The highest BCUT2D eigenvalue weighted by Crippen LogP contribution is 2.13. The van der Waals surface area contributed by atoms with Crippen LogP contribution in [0.2, 0.25) is 0 Å². The van der Waals surface area contributed by atoms with E-state index < -0.39 is 0 Å². The van der Waals surface area contributed by atoms with Crippen molar-refractivity contribution in [1.29, 1.82) is 0 Å². The van der Waals surface area contributed by atoms with Crippen LogP contribution in [0.1, 0.15) is 45.0 Å². The third kappa shape index (κ3) is 6.67. The van der Waals surface area contributed by atoms with Crippen molar-refractivity contribution in [3.05, 3.63) is 42.1 Å². The molecular weight excluding hydrogens is 477 g/mol. The van der Waals surface area contributed by atoms with Crippen molar-refractivity contribution in [3.63, 3.8) is 0 Å². The second kappa shape index (κ2) is 11.5. The van der Waals surface area contributed by atoms with E-state index in [0.29, 0.717) is 18.6 Å². The van der Waals surface area contributed by atoms with Crippen LogP contribution < -0.4 is 10.6 Å². The van der Waals surface area contributed by atoms with Gasteiger partial charge in [0.25, 0.3) is 0 Å². The summed E-state index contributed by atoms with van der Waals surface area (Å²) in [4.78, 5) is 16.1. The highest BCUT2D eigenvalue weighted by Gasteiger charge is 2.21. The van der Waals surface area contributed by atoms with Gasteiger partial charge in [-0.05, 0) is 52.2 Å². The minimum absolute atomic E-state index is 0. The molecule has 2 N–H and O–H groups in total. The van der Waals surface area contributed by atoms with Crippen molar-refractivity contribution in [3.8, 4) is 5.82 Å². The Hall–Kier alpha value is -1.68. The fraction of sp³-hybridized carbons (Fsp3) is 0.571. The second-order valence-electron chi connectivity index (χ2n) is 7.61. The van der Waals surface area contributed by atoms with Crippen LogP contribution in [0.15, 0.2) is 35.7 Å². The van der Waals surface area contributed by atoms with Gasteiger partial charge in [-0.2, -0.15) is 0 Å². The predicted octanol–water partition coefficient (Wildman–Crippen LogP) is 3.12. The Morgan fingerprint density at radius 3 is 2.55 bits per heavy atom. The Morgan fingerprint density at radius 2 is 2.00 bits per heavy atom. The Kier molecular flexibility index (Phi) is 9.35. The molecule has 1 fully saturated rings. The third-order valence-corrected chi connectivity index (χ3v) is 5.25. The maximum atomic E-state index is 4.76. The van der Waals surface area contributed by atoms with Gasteiger partial charge in [0.1, 0.15) is 11.6 Å². The van der Waals surface area contributed by atoms with E-state index >= 15 is 0 Å². The van der Waals surface area contributed by atoms with E-state index in [1.165, 1.54) is 0 Å². The van der Waals surface area contributed by atoms with Crippen LogP contribution in [-0.2, 0) is 6.54 Å². The number of rotatable bonds is 6. The molecule has 3 heterocycles. The molecule has 0 aliphatic carbocycles. The van der Waals surface area contributed by atoms with E-state index in [1.807, 2.05) is 30.0 Å². The molecular formula is C21H34IN7. The lowest BCUT2D eigenvalue weighted by atomic mass is 10.0. The normalized spacial score (nSPS) is 16.0. The van der Waals surface area contributed by atoms with Gasteiger partial charge < -0.3 is 15.5 Å². The number of piperidine rings is 1. The molecule has 0 atom stereocenters. The van der Waals surface area contributed by atoms with Gasteiger partial charge in [-0.3, -0.25) is 4.57 Å². The highest BCUT2D eigenvalue weighted by molar-refractivity contribution is 14.0. The van der Waals surface area contributed by atoms with Gasteiger partial charge in [0.05, 0.1) is 6.54 Å².